The maximum absolute atomic E-state index is 5.51. The van der Waals surface area contributed by atoms with Gasteiger partial charge in [0.25, 0.3) is 0 Å². The number of hydrogen-bond donors (Lipinski definition) is 1. The summed E-state index contributed by atoms with van der Waals surface area (Å²) < 4.78 is 2.00. The van der Waals surface area contributed by atoms with Crippen LogP contribution < -0.4 is 5.73 Å². The van der Waals surface area contributed by atoms with Gasteiger partial charge in [-0.3, -0.25) is 4.68 Å². The summed E-state index contributed by atoms with van der Waals surface area (Å²) in [5, 5.41) is 4.26. The minimum Gasteiger partial charge on any atom is -0.326 e. The molecule has 0 aliphatic heterocycles. The topological polar surface area (TPSA) is 43.8 Å². The molecule has 0 aliphatic rings. The third kappa shape index (κ3) is 2.84. The Morgan fingerprint density at radius 1 is 1.46 bits per heavy atom. The van der Waals surface area contributed by atoms with Crippen LogP contribution in [0.25, 0.3) is 0 Å². The SMILES string of the molecule is CCC(CC)Cn1cc(CN)cn1. The maximum Gasteiger partial charge on any atom is 0.0534 e. The van der Waals surface area contributed by atoms with Crippen LogP contribution in [0.4, 0.5) is 0 Å². The van der Waals surface area contributed by atoms with Gasteiger partial charge in [-0.1, -0.05) is 26.7 Å². The number of rotatable bonds is 5. The predicted molar refractivity (Wildman–Crippen MR) is 54.2 cm³/mol. The molecule has 0 aliphatic carbocycles. The number of hydrogen-bond acceptors (Lipinski definition) is 2. The van der Waals surface area contributed by atoms with Crippen LogP contribution in [0.1, 0.15) is 32.3 Å². The predicted octanol–water partition coefficient (Wildman–Crippen LogP) is 1.78. The number of nitrogens with zero attached hydrogens (tertiary/aromatic N) is 2. The van der Waals surface area contributed by atoms with E-state index in [4.69, 9.17) is 5.73 Å². The molecule has 1 heterocycles. The average Bonchev–Trinajstić information content (AvgIpc) is 2.61. The van der Waals surface area contributed by atoms with E-state index < -0.39 is 0 Å². The lowest BCUT2D eigenvalue weighted by molar-refractivity contribution is 0.396. The molecule has 0 aromatic carbocycles. The van der Waals surface area contributed by atoms with Crippen LogP contribution in [-0.2, 0) is 13.1 Å². The van der Waals surface area contributed by atoms with E-state index in [9.17, 15) is 0 Å². The van der Waals surface area contributed by atoms with Crippen LogP contribution in [-0.4, -0.2) is 9.78 Å². The van der Waals surface area contributed by atoms with Crippen LogP contribution in [0.2, 0.25) is 0 Å². The van der Waals surface area contributed by atoms with Gasteiger partial charge in [0.15, 0.2) is 0 Å². The van der Waals surface area contributed by atoms with Gasteiger partial charge in [0.2, 0.25) is 0 Å². The molecular formula is C10H19N3. The Morgan fingerprint density at radius 3 is 2.62 bits per heavy atom. The molecule has 0 radical (unpaired) electrons. The molecule has 0 amide bonds. The van der Waals surface area contributed by atoms with Crippen LogP contribution >= 0.6 is 0 Å². The van der Waals surface area contributed by atoms with Crippen molar-refractivity contribution < 1.29 is 0 Å². The Hall–Kier alpha value is -0.830. The largest absolute Gasteiger partial charge is 0.326 e. The summed E-state index contributed by atoms with van der Waals surface area (Å²) in [6.07, 6.45) is 6.32. The van der Waals surface area contributed by atoms with E-state index in [-0.39, 0.29) is 0 Å². The molecule has 3 heteroatoms. The zero-order valence-electron chi connectivity index (χ0n) is 8.53. The Bertz CT molecular complexity index is 238. The molecule has 0 fully saturated rings. The highest BCUT2D eigenvalue weighted by Crippen LogP contribution is 2.10. The molecule has 0 spiro atoms. The van der Waals surface area contributed by atoms with Crippen LogP contribution in [0.5, 0.6) is 0 Å². The molecule has 1 aromatic heterocycles. The van der Waals surface area contributed by atoms with Crippen molar-refractivity contribution in [2.75, 3.05) is 0 Å². The lowest BCUT2D eigenvalue weighted by atomic mass is 10.0. The fourth-order valence-corrected chi connectivity index (χ4v) is 1.42. The Morgan fingerprint density at radius 2 is 2.15 bits per heavy atom. The summed E-state index contributed by atoms with van der Waals surface area (Å²) in [5.41, 5.74) is 6.62. The third-order valence-corrected chi connectivity index (χ3v) is 2.52. The first kappa shape index (κ1) is 10.3. The monoisotopic (exact) mass is 181 g/mol. The quantitative estimate of drug-likeness (QED) is 0.752. The average molecular weight is 181 g/mol. The van der Waals surface area contributed by atoms with E-state index in [0.29, 0.717) is 6.54 Å². The minimum absolute atomic E-state index is 0.586. The highest BCUT2D eigenvalue weighted by atomic mass is 15.3. The molecule has 1 aromatic rings. The van der Waals surface area contributed by atoms with Crippen molar-refractivity contribution in [3.63, 3.8) is 0 Å². The van der Waals surface area contributed by atoms with Crippen molar-refractivity contribution in [2.45, 2.75) is 39.8 Å². The second-order valence-electron chi connectivity index (χ2n) is 3.46. The van der Waals surface area contributed by atoms with E-state index in [2.05, 4.69) is 18.9 Å². The Labute approximate surface area is 79.9 Å². The van der Waals surface area contributed by atoms with Crippen molar-refractivity contribution in [2.24, 2.45) is 11.7 Å². The summed E-state index contributed by atoms with van der Waals surface area (Å²) in [7, 11) is 0. The van der Waals surface area contributed by atoms with Gasteiger partial charge in [-0.2, -0.15) is 5.10 Å². The smallest absolute Gasteiger partial charge is 0.0534 e. The van der Waals surface area contributed by atoms with Gasteiger partial charge in [-0.05, 0) is 5.92 Å². The van der Waals surface area contributed by atoms with Crippen molar-refractivity contribution in [3.05, 3.63) is 18.0 Å². The molecule has 0 unspecified atom stereocenters. The molecule has 3 nitrogen and oxygen atoms in total. The lowest BCUT2D eigenvalue weighted by Crippen LogP contribution is -2.09. The van der Waals surface area contributed by atoms with Gasteiger partial charge in [-0.25, -0.2) is 0 Å². The van der Waals surface area contributed by atoms with Gasteiger partial charge in [0.05, 0.1) is 6.20 Å². The van der Waals surface area contributed by atoms with E-state index >= 15 is 0 Å². The fraction of sp³-hybridized carbons (Fsp3) is 0.700. The normalized spacial score (nSPS) is 11.1. The maximum atomic E-state index is 5.51. The molecule has 0 atom stereocenters. The van der Waals surface area contributed by atoms with Crippen LogP contribution in [0.15, 0.2) is 12.4 Å². The van der Waals surface area contributed by atoms with E-state index in [0.717, 1.165) is 18.0 Å². The van der Waals surface area contributed by atoms with E-state index in [1.165, 1.54) is 12.8 Å². The van der Waals surface area contributed by atoms with Crippen LogP contribution in [0, 0.1) is 5.92 Å². The van der Waals surface area contributed by atoms with E-state index in [1.54, 1.807) is 0 Å². The molecule has 1 rings (SSSR count). The van der Waals surface area contributed by atoms with Crippen molar-refractivity contribution in [3.8, 4) is 0 Å². The van der Waals surface area contributed by atoms with Crippen molar-refractivity contribution in [1.29, 1.82) is 0 Å². The minimum atomic E-state index is 0.586. The van der Waals surface area contributed by atoms with Gasteiger partial charge in [0, 0.05) is 24.8 Å². The lowest BCUT2D eigenvalue weighted by Gasteiger charge is -2.11. The Balaban J connectivity index is 2.52. The summed E-state index contributed by atoms with van der Waals surface area (Å²) in [4.78, 5) is 0. The highest BCUT2D eigenvalue weighted by Gasteiger charge is 2.05. The van der Waals surface area contributed by atoms with Crippen molar-refractivity contribution >= 4 is 0 Å². The standard InChI is InChI=1S/C10H19N3/c1-3-9(4-2)7-13-8-10(5-11)6-12-13/h6,8-9H,3-5,7,11H2,1-2H3. The third-order valence-electron chi connectivity index (χ3n) is 2.52. The second kappa shape index (κ2) is 5.02. The molecule has 0 bridgehead atoms. The molecule has 0 saturated heterocycles. The molecule has 74 valence electrons. The van der Waals surface area contributed by atoms with Gasteiger partial charge >= 0.3 is 0 Å². The number of nitrogens with two attached hydrogens (primary N) is 1. The van der Waals surface area contributed by atoms with Crippen molar-refractivity contribution in [1.82, 2.24) is 9.78 Å². The first-order valence-electron chi connectivity index (χ1n) is 5.01. The van der Waals surface area contributed by atoms with Crippen LogP contribution in [0.3, 0.4) is 0 Å². The number of aromatic nitrogens is 2. The van der Waals surface area contributed by atoms with Gasteiger partial charge < -0.3 is 5.73 Å². The second-order valence-corrected chi connectivity index (χ2v) is 3.46. The molecular weight excluding hydrogens is 162 g/mol. The fourth-order valence-electron chi connectivity index (χ4n) is 1.42. The summed E-state index contributed by atoms with van der Waals surface area (Å²) in [5.74, 6) is 0.741. The zero-order valence-corrected chi connectivity index (χ0v) is 8.53. The molecule has 0 saturated carbocycles. The molecule has 13 heavy (non-hydrogen) atoms. The Kier molecular flexibility index (Phi) is 3.96. The first-order chi connectivity index (χ1) is 6.30. The summed E-state index contributed by atoms with van der Waals surface area (Å²) in [6, 6.07) is 0. The molecule has 2 N–H and O–H groups in total. The van der Waals surface area contributed by atoms with Gasteiger partial charge in [0.1, 0.15) is 0 Å². The van der Waals surface area contributed by atoms with E-state index in [1.807, 2.05) is 17.1 Å². The summed E-state index contributed by atoms with van der Waals surface area (Å²) in [6.45, 7) is 6.05. The van der Waals surface area contributed by atoms with Gasteiger partial charge in [-0.15, -0.1) is 0 Å². The zero-order chi connectivity index (χ0) is 9.68. The highest BCUT2D eigenvalue weighted by molar-refractivity contribution is 5.02. The first-order valence-corrected chi connectivity index (χ1v) is 5.01. The summed E-state index contributed by atoms with van der Waals surface area (Å²) >= 11 is 0.